The average Bonchev–Trinajstić information content (AvgIpc) is 3.34. The fourth-order valence-electron chi connectivity index (χ4n) is 4.57. The van der Waals surface area contributed by atoms with Crippen molar-refractivity contribution in [2.24, 2.45) is 0 Å². The standard InChI is InChI=1S/C28H49F3N5O5P/c1-24(20-36-22-35-25-26(32)33-21-34-27(25)36)40-23-42(37,38)41-19-15-18-39-17-14-12-10-8-6-4-2-3-5-7-9-11-13-16-28(29,30)31/h21-22,24H,2-20,23H2,1H3,(H,37,38)(H2,32,33,34)/t24-/m1/s1. The lowest BCUT2D eigenvalue weighted by molar-refractivity contribution is -0.135. The molecule has 0 bridgehead atoms. The number of alkyl halides is 3. The van der Waals surface area contributed by atoms with E-state index in [0.717, 1.165) is 32.1 Å². The molecule has 0 aliphatic rings. The van der Waals surface area contributed by atoms with Gasteiger partial charge in [-0.2, -0.15) is 13.2 Å². The normalized spacial score (nSPS) is 14.4. The van der Waals surface area contributed by atoms with Crippen LogP contribution in [0.1, 0.15) is 103 Å². The van der Waals surface area contributed by atoms with Gasteiger partial charge >= 0.3 is 13.8 Å². The van der Waals surface area contributed by atoms with Crippen molar-refractivity contribution in [1.82, 2.24) is 19.5 Å². The van der Waals surface area contributed by atoms with Crippen molar-refractivity contribution in [3.63, 3.8) is 0 Å². The molecule has 242 valence electrons. The van der Waals surface area contributed by atoms with Crippen molar-refractivity contribution >= 4 is 24.6 Å². The molecule has 2 aromatic heterocycles. The molecule has 0 spiro atoms. The summed E-state index contributed by atoms with van der Waals surface area (Å²) in [4.78, 5) is 22.3. The number of imidazole rings is 1. The second-order valence-corrected chi connectivity index (χ2v) is 12.6. The number of rotatable bonds is 25. The van der Waals surface area contributed by atoms with Crippen LogP contribution in [0.2, 0.25) is 0 Å². The summed E-state index contributed by atoms with van der Waals surface area (Å²) < 4.78 is 66.6. The van der Waals surface area contributed by atoms with Gasteiger partial charge in [0.05, 0.1) is 25.6 Å². The van der Waals surface area contributed by atoms with Crippen LogP contribution in [-0.2, 0) is 25.1 Å². The molecule has 0 fully saturated rings. The summed E-state index contributed by atoms with van der Waals surface area (Å²) in [5, 5.41) is 0. The van der Waals surface area contributed by atoms with E-state index in [0.29, 0.717) is 49.6 Å². The van der Waals surface area contributed by atoms with Crippen molar-refractivity contribution in [2.45, 2.75) is 122 Å². The van der Waals surface area contributed by atoms with Crippen molar-refractivity contribution in [1.29, 1.82) is 0 Å². The minimum atomic E-state index is -4.01. The van der Waals surface area contributed by atoms with Gasteiger partial charge in [0.25, 0.3) is 0 Å². The van der Waals surface area contributed by atoms with Gasteiger partial charge in [0.15, 0.2) is 11.5 Å². The molecule has 2 atom stereocenters. The molecule has 0 amide bonds. The van der Waals surface area contributed by atoms with Crippen LogP contribution in [0.4, 0.5) is 19.0 Å². The highest BCUT2D eigenvalue weighted by Crippen LogP contribution is 2.42. The number of halogens is 3. The fraction of sp³-hybridized carbons (Fsp3) is 0.821. The van der Waals surface area contributed by atoms with Crippen LogP contribution >= 0.6 is 7.60 Å². The summed E-state index contributed by atoms with van der Waals surface area (Å²) in [5.74, 6) is 0.290. The van der Waals surface area contributed by atoms with Gasteiger partial charge in [-0.05, 0) is 26.2 Å². The smallest absolute Gasteiger partial charge is 0.382 e. The molecule has 14 heteroatoms. The minimum absolute atomic E-state index is 0.117. The van der Waals surface area contributed by atoms with E-state index < -0.39 is 26.5 Å². The van der Waals surface area contributed by atoms with Crippen LogP contribution in [0.5, 0.6) is 0 Å². The lowest BCUT2D eigenvalue weighted by Crippen LogP contribution is -2.17. The van der Waals surface area contributed by atoms with E-state index in [1.807, 2.05) is 0 Å². The average molecular weight is 624 g/mol. The molecule has 0 saturated heterocycles. The highest BCUT2D eigenvalue weighted by atomic mass is 31.2. The molecule has 2 heterocycles. The number of ether oxygens (including phenoxy) is 2. The van der Waals surface area contributed by atoms with Gasteiger partial charge in [0, 0.05) is 19.6 Å². The van der Waals surface area contributed by atoms with Crippen LogP contribution in [0.15, 0.2) is 12.7 Å². The summed E-state index contributed by atoms with van der Waals surface area (Å²) >= 11 is 0. The van der Waals surface area contributed by atoms with Gasteiger partial charge in [-0.15, -0.1) is 0 Å². The van der Waals surface area contributed by atoms with Crippen molar-refractivity contribution in [2.75, 3.05) is 31.9 Å². The van der Waals surface area contributed by atoms with E-state index in [4.69, 9.17) is 19.7 Å². The number of nitrogens with two attached hydrogens (primary N) is 1. The van der Waals surface area contributed by atoms with Crippen molar-refractivity contribution < 1.29 is 36.6 Å². The van der Waals surface area contributed by atoms with Crippen LogP contribution in [0, 0.1) is 0 Å². The minimum Gasteiger partial charge on any atom is -0.382 e. The Kier molecular flexibility index (Phi) is 17.5. The first kappa shape index (κ1) is 36.4. The summed E-state index contributed by atoms with van der Waals surface area (Å²) in [6.45, 7) is 3.41. The number of hydrogen-bond donors (Lipinski definition) is 2. The van der Waals surface area contributed by atoms with Crippen LogP contribution in [0.25, 0.3) is 11.2 Å². The fourth-order valence-corrected chi connectivity index (χ4v) is 5.50. The van der Waals surface area contributed by atoms with E-state index in [1.54, 1.807) is 17.8 Å². The zero-order valence-electron chi connectivity index (χ0n) is 24.9. The van der Waals surface area contributed by atoms with Gasteiger partial charge in [-0.3, -0.25) is 4.57 Å². The van der Waals surface area contributed by atoms with Crippen LogP contribution in [-0.4, -0.2) is 62.9 Å². The number of nitrogens with zero attached hydrogens (tertiary/aromatic N) is 4. The first-order chi connectivity index (χ1) is 20.1. The largest absolute Gasteiger partial charge is 0.389 e. The first-order valence-electron chi connectivity index (χ1n) is 15.2. The van der Waals surface area contributed by atoms with Crippen molar-refractivity contribution in [3.8, 4) is 0 Å². The number of nitrogen functional groups attached to an aromatic ring is 1. The van der Waals surface area contributed by atoms with E-state index in [9.17, 15) is 22.6 Å². The molecule has 2 rings (SSSR count). The van der Waals surface area contributed by atoms with E-state index in [1.165, 1.54) is 44.9 Å². The molecule has 1 unspecified atom stereocenters. The number of fused-ring (bicyclic) bond motifs is 1. The third-order valence-electron chi connectivity index (χ3n) is 6.88. The molecule has 0 saturated carbocycles. The van der Waals surface area contributed by atoms with E-state index >= 15 is 0 Å². The third-order valence-corrected chi connectivity index (χ3v) is 7.94. The number of unbranched alkanes of at least 4 members (excludes halogenated alkanes) is 12. The van der Waals surface area contributed by atoms with E-state index in [2.05, 4.69) is 15.0 Å². The van der Waals surface area contributed by atoms with Gasteiger partial charge in [-0.1, -0.05) is 70.6 Å². The number of aromatic nitrogens is 4. The number of anilines is 1. The molecule has 3 N–H and O–H groups in total. The molecule has 2 aromatic rings. The predicted octanol–water partition coefficient (Wildman–Crippen LogP) is 7.40. The molecular weight excluding hydrogens is 574 g/mol. The Morgan fingerprint density at radius 3 is 2.07 bits per heavy atom. The van der Waals surface area contributed by atoms with Gasteiger partial charge in [0.2, 0.25) is 0 Å². The summed E-state index contributed by atoms with van der Waals surface area (Å²) in [6.07, 6.45) is 11.3. The van der Waals surface area contributed by atoms with Crippen molar-refractivity contribution in [3.05, 3.63) is 12.7 Å². The zero-order chi connectivity index (χ0) is 30.7. The Morgan fingerprint density at radius 2 is 1.45 bits per heavy atom. The number of hydrogen-bond acceptors (Lipinski definition) is 8. The summed E-state index contributed by atoms with van der Waals surface area (Å²) in [7, 11) is -3.87. The topological polar surface area (TPSA) is 135 Å². The van der Waals surface area contributed by atoms with Gasteiger partial charge in [-0.25, -0.2) is 15.0 Å². The second kappa shape index (κ2) is 20.2. The Balaban J connectivity index is 1.35. The molecule has 10 nitrogen and oxygen atoms in total. The quantitative estimate of drug-likeness (QED) is 0.0856. The zero-order valence-corrected chi connectivity index (χ0v) is 25.8. The van der Waals surface area contributed by atoms with Crippen LogP contribution in [0.3, 0.4) is 0 Å². The maximum Gasteiger partial charge on any atom is 0.389 e. The third kappa shape index (κ3) is 16.7. The predicted molar refractivity (Wildman–Crippen MR) is 157 cm³/mol. The molecule has 0 aromatic carbocycles. The van der Waals surface area contributed by atoms with E-state index in [-0.39, 0.29) is 19.1 Å². The van der Waals surface area contributed by atoms with Gasteiger partial charge in [0.1, 0.15) is 18.2 Å². The Morgan fingerprint density at radius 1 is 0.881 bits per heavy atom. The maximum absolute atomic E-state index is 12.3. The molecule has 42 heavy (non-hydrogen) atoms. The highest BCUT2D eigenvalue weighted by molar-refractivity contribution is 7.52. The summed E-state index contributed by atoms with van der Waals surface area (Å²) in [6, 6.07) is 0. The first-order valence-corrected chi connectivity index (χ1v) is 17.0. The highest BCUT2D eigenvalue weighted by Gasteiger charge is 2.25. The Labute approximate surface area is 247 Å². The second-order valence-electron chi connectivity index (χ2n) is 10.8. The lowest BCUT2D eigenvalue weighted by atomic mass is 10.0. The molecule has 0 aliphatic carbocycles. The molecular formula is C28H49F3N5O5P. The summed E-state index contributed by atoms with van der Waals surface area (Å²) in [5.41, 5.74) is 6.87. The monoisotopic (exact) mass is 623 g/mol. The van der Waals surface area contributed by atoms with Crippen LogP contribution < -0.4 is 5.73 Å². The maximum atomic E-state index is 12.3. The Bertz CT molecular complexity index is 1040. The van der Waals surface area contributed by atoms with Gasteiger partial charge < -0.3 is 29.2 Å². The Hall–Kier alpha value is -1.79. The lowest BCUT2D eigenvalue weighted by Gasteiger charge is -2.17. The molecule has 0 aliphatic heterocycles. The molecule has 0 radical (unpaired) electrons. The SMILES string of the molecule is C[C@H](Cn1cnc2c(N)ncnc21)OCP(=O)(O)OCCCOCCCCCCCCCCCCCCCC(F)(F)F.